The summed E-state index contributed by atoms with van der Waals surface area (Å²) in [7, 11) is 0. The molecule has 0 aromatic carbocycles. The van der Waals surface area contributed by atoms with E-state index < -0.39 is 0 Å². The predicted molar refractivity (Wildman–Crippen MR) is 142 cm³/mol. The molecule has 0 radical (unpaired) electrons. The van der Waals surface area contributed by atoms with E-state index >= 15 is 0 Å². The van der Waals surface area contributed by atoms with Gasteiger partial charge >= 0.3 is 0 Å². The van der Waals surface area contributed by atoms with E-state index in [1.165, 1.54) is 122 Å². The number of aliphatic hydroxyl groups is 2. The SMILES string of the molecule is CC(C1CCCCC1)(C1CCC(C2CCCCC2)CC1O)C1CCC(C2CCCCC2)CC1O. The summed E-state index contributed by atoms with van der Waals surface area (Å²) >= 11 is 0. The number of aliphatic hydroxyl groups excluding tert-OH is 2. The van der Waals surface area contributed by atoms with Crippen molar-refractivity contribution in [2.24, 2.45) is 46.8 Å². The fraction of sp³-hybridized carbons (Fsp3) is 1.00. The van der Waals surface area contributed by atoms with Gasteiger partial charge in [0.15, 0.2) is 0 Å². The molecule has 5 aliphatic carbocycles. The summed E-state index contributed by atoms with van der Waals surface area (Å²) in [4.78, 5) is 0. The van der Waals surface area contributed by atoms with Crippen LogP contribution in [0.4, 0.5) is 0 Å². The quantitative estimate of drug-likeness (QED) is 0.422. The molecule has 2 N–H and O–H groups in total. The zero-order valence-corrected chi connectivity index (χ0v) is 22.4. The minimum Gasteiger partial charge on any atom is -0.393 e. The molecule has 6 atom stereocenters. The molecule has 0 amide bonds. The van der Waals surface area contributed by atoms with Gasteiger partial charge in [0.25, 0.3) is 0 Å². The largest absolute Gasteiger partial charge is 0.393 e. The maximum Gasteiger partial charge on any atom is 0.0576 e. The Bertz CT molecular complexity index is 571. The zero-order valence-electron chi connectivity index (χ0n) is 22.4. The molecular formula is C32H56O2. The fourth-order valence-corrected chi connectivity index (χ4v) is 10.5. The highest BCUT2D eigenvalue weighted by Crippen LogP contribution is 2.58. The van der Waals surface area contributed by atoms with Crippen molar-refractivity contribution in [1.82, 2.24) is 0 Å². The van der Waals surface area contributed by atoms with Crippen molar-refractivity contribution in [2.75, 3.05) is 0 Å². The molecule has 2 nitrogen and oxygen atoms in total. The first-order valence-electron chi connectivity index (χ1n) is 15.9. The van der Waals surface area contributed by atoms with E-state index in [1.807, 2.05) is 0 Å². The van der Waals surface area contributed by atoms with Crippen molar-refractivity contribution in [3.05, 3.63) is 0 Å². The number of rotatable bonds is 5. The van der Waals surface area contributed by atoms with E-state index in [2.05, 4.69) is 6.92 Å². The fourth-order valence-electron chi connectivity index (χ4n) is 10.5. The summed E-state index contributed by atoms with van der Waals surface area (Å²) in [6.07, 6.45) is 27.8. The molecule has 0 bridgehead atoms. The predicted octanol–water partition coefficient (Wildman–Crippen LogP) is 8.29. The van der Waals surface area contributed by atoms with Crippen LogP contribution in [-0.4, -0.2) is 22.4 Å². The summed E-state index contributed by atoms with van der Waals surface area (Å²) < 4.78 is 0. The molecule has 0 aromatic heterocycles. The van der Waals surface area contributed by atoms with E-state index in [1.54, 1.807) is 0 Å². The van der Waals surface area contributed by atoms with Gasteiger partial charge in [0, 0.05) is 0 Å². The third-order valence-corrected chi connectivity index (χ3v) is 12.4. The zero-order chi connectivity index (χ0) is 23.5. The van der Waals surface area contributed by atoms with Gasteiger partial charge in [-0.15, -0.1) is 0 Å². The third kappa shape index (κ3) is 5.29. The highest BCUT2D eigenvalue weighted by atomic mass is 16.3. The van der Waals surface area contributed by atoms with Gasteiger partial charge in [-0.1, -0.05) is 90.4 Å². The Morgan fingerprint density at radius 1 is 0.441 bits per heavy atom. The highest BCUT2D eigenvalue weighted by molar-refractivity contribution is 5.03. The summed E-state index contributed by atoms with van der Waals surface area (Å²) in [6, 6.07) is 0. The van der Waals surface area contributed by atoms with Gasteiger partial charge in [-0.2, -0.15) is 0 Å². The van der Waals surface area contributed by atoms with Crippen LogP contribution in [0.15, 0.2) is 0 Å². The first kappa shape index (κ1) is 25.6. The lowest BCUT2D eigenvalue weighted by Crippen LogP contribution is -2.54. The van der Waals surface area contributed by atoms with Gasteiger partial charge in [0.1, 0.15) is 0 Å². The van der Waals surface area contributed by atoms with Crippen LogP contribution in [0.25, 0.3) is 0 Å². The molecule has 0 saturated heterocycles. The van der Waals surface area contributed by atoms with Gasteiger partial charge < -0.3 is 10.2 Å². The Kier molecular flexibility index (Phi) is 8.67. The smallest absolute Gasteiger partial charge is 0.0576 e. The van der Waals surface area contributed by atoms with Gasteiger partial charge in [-0.3, -0.25) is 0 Å². The van der Waals surface area contributed by atoms with Crippen LogP contribution in [0.2, 0.25) is 0 Å². The van der Waals surface area contributed by atoms with Crippen LogP contribution in [0, 0.1) is 46.8 Å². The van der Waals surface area contributed by atoms with Crippen LogP contribution < -0.4 is 0 Å². The molecule has 2 heteroatoms. The Morgan fingerprint density at radius 3 is 1.21 bits per heavy atom. The van der Waals surface area contributed by atoms with Crippen molar-refractivity contribution in [3.63, 3.8) is 0 Å². The minimum atomic E-state index is -0.143. The molecule has 0 heterocycles. The maximum absolute atomic E-state index is 11.7. The summed E-state index contributed by atoms with van der Waals surface area (Å²) in [6.45, 7) is 2.56. The van der Waals surface area contributed by atoms with Crippen LogP contribution in [0.3, 0.4) is 0 Å². The molecule has 0 spiro atoms. The molecule has 0 aromatic rings. The third-order valence-electron chi connectivity index (χ3n) is 12.4. The first-order valence-corrected chi connectivity index (χ1v) is 15.9. The van der Waals surface area contributed by atoms with Gasteiger partial charge in [0.05, 0.1) is 12.2 Å². The summed E-state index contributed by atoms with van der Waals surface area (Å²) in [5, 5.41) is 23.5. The van der Waals surface area contributed by atoms with Crippen molar-refractivity contribution in [1.29, 1.82) is 0 Å². The van der Waals surface area contributed by atoms with E-state index in [0.29, 0.717) is 17.8 Å². The topological polar surface area (TPSA) is 40.5 Å². The molecule has 196 valence electrons. The lowest BCUT2D eigenvalue weighted by molar-refractivity contribution is -0.138. The van der Waals surface area contributed by atoms with E-state index in [-0.39, 0.29) is 17.6 Å². The Morgan fingerprint density at radius 2 is 0.824 bits per heavy atom. The summed E-state index contributed by atoms with van der Waals surface area (Å²) in [5.74, 6) is 4.78. The normalized spacial score (nSPS) is 41.7. The average Bonchev–Trinajstić information content (AvgIpc) is 2.89. The van der Waals surface area contributed by atoms with Crippen LogP contribution >= 0.6 is 0 Å². The Balaban J connectivity index is 1.31. The van der Waals surface area contributed by atoms with Crippen molar-refractivity contribution >= 4 is 0 Å². The first-order chi connectivity index (χ1) is 16.6. The van der Waals surface area contributed by atoms with E-state index in [9.17, 15) is 10.2 Å². The minimum absolute atomic E-state index is 0.119. The monoisotopic (exact) mass is 472 g/mol. The number of hydrogen-bond donors (Lipinski definition) is 2. The molecule has 5 aliphatic rings. The Labute approximate surface area is 211 Å². The second-order valence-corrected chi connectivity index (χ2v) is 14.0. The molecule has 5 rings (SSSR count). The lowest BCUT2D eigenvalue weighted by atomic mass is 9.49. The second kappa shape index (κ2) is 11.5. The van der Waals surface area contributed by atoms with Crippen molar-refractivity contribution in [3.8, 4) is 0 Å². The summed E-state index contributed by atoms with van der Waals surface area (Å²) in [5.41, 5.74) is 0.119. The molecule has 6 unspecified atom stereocenters. The number of hydrogen-bond acceptors (Lipinski definition) is 2. The van der Waals surface area contributed by atoms with Crippen LogP contribution in [0.1, 0.15) is 142 Å². The van der Waals surface area contributed by atoms with Gasteiger partial charge in [0.2, 0.25) is 0 Å². The van der Waals surface area contributed by atoms with Crippen LogP contribution in [-0.2, 0) is 0 Å². The maximum atomic E-state index is 11.7. The van der Waals surface area contributed by atoms with Gasteiger partial charge in [-0.25, -0.2) is 0 Å². The van der Waals surface area contributed by atoms with E-state index in [0.717, 1.165) is 36.5 Å². The Hall–Kier alpha value is -0.0800. The lowest BCUT2D eigenvalue weighted by Gasteiger charge is -2.57. The average molecular weight is 473 g/mol. The molecular weight excluding hydrogens is 416 g/mol. The van der Waals surface area contributed by atoms with Crippen molar-refractivity contribution in [2.45, 2.75) is 154 Å². The molecule has 5 fully saturated rings. The highest BCUT2D eigenvalue weighted by Gasteiger charge is 2.54. The van der Waals surface area contributed by atoms with Gasteiger partial charge in [-0.05, 0) is 98.2 Å². The van der Waals surface area contributed by atoms with E-state index in [4.69, 9.17) is 0 Å². The molecule has 5 saturated carbocycles. The molecule has 34 heavy (non-hydrogen) atoms. The molecule has 0 aliphatic heterocycles. The van der Waals surface area contributed by atoms with Crippen molar-refractivity contribution < 1.29 is 10.2 Å². The second-order valence-electron chi connectivity index (χ2n) is 14.0. The standard InChI is InChI=1S/C32H56O2/c1-32(27-15-9-4-10-16-27,28-19-17-25(21-30(28)33)23-11-5-2-6-12-23)29-20-18-26(22-31(29)34)24-13-7-3-8-14-24/h23-31,33-34H,2-22H2,1H3. The van der Waals surface area contributed by atoms with Crippen LogP contribution in [0.5, 0.6) is 0 Å².